The van der Waals surface area contributed by atoms with Gasteiger partial charge >= 0.3 is 0 Å². The Morgan fingerprint density at radius 2 is 1.96 bits per heavy atom. The van der Waals surface area contributed by atoms with Crippen molar-refractivity contribution in [1.82, 2.24) is 15.1 Å². The smallest absolute Gasteiger partial charge is 0.246 e. The van der Waals surface area contributed by atoms with Crippen LogP contribution in [0.25, 0.3) is 0 Å². The number of nitrogens with zero attached hydrogens (tertiary/aromatic N) is 2. The number of piperazine rings is 2. The molecule has 0 spiro atoms. The SMILES string of the molecule is Cc1ccsc1CN1CCN2C(=O)[C@H](Cc3ccc(O)cc3)NC(=O)[C@H]2C1. The molecule has 0 aliphatic carbocycles. The second-order valence-electron chi connectivity index (χ2n) is 7.24. The van der Waals surface area contributed by atoms with Crippen LogP contribution < -0.4 is 5.32 Å². The fraction of sp³-hybridized carbons (Fsp3) is 0.400. The zero-order chi connectivity index (χ0) is 19.0. The molecule has 0 radical (unpaired) electrons. The van der Waals surface area contributed by atoms with E-state index >= 15 is 0 Å². The predicted octanol–water partition coefficient (Wildman–Crippen LogP) is 1.52. The summed E-state index contributed by atoms with van der Waals surface area (Å²) in [7, 11) is 0. The summed E-state index contributed by atoms with van der Waals surface area (Å²) < 4.78 is 0. The molecular formula is C20H23N3O3S. The first-order valence-corrected chi connectivity index (χ1v) is 10.0. The van der Waals surface area contributed by atoms with Crippen molar-refractivity contribution in [3.63, 3.8) is 0 Å². The van der Waals surface area contributed by atoms with Gasteiger partial charge in [0.15, 0.2) is 0 Å². The van der Waals surface area contributed by atoms with Crippen LogP contribution >= 0.6 is 11.3 Å². The van der Waals surface area contributed by atoms with Crippen molar-refractivity contribution in [2.24, 2.45) is 0 Å². The van der Waals surface area contributed by atoms with E-state index < -0.39 is 12.1 Å². The monoisotopic (exact) mass is 385 g/mol. The summed E-state index contributed by atoms with van der Waals surface area (Å²) in [5.41, 5.74) is 2.19. The Kier molecular flexibility index (Phi) is 4.88. The molecule has 2 fully saturated rings. The Morgan fingerprint density at radius 1 is 1.19 bits per heavy atom. The van der Waals surface area contributed by atoms with Crippen LogP contribution in [0.4, 0.5) is 0 Å². The van der Waals surface area contributed by atoms with Crippen LogP contribution in [0, 0.1) is 6.92 Å². The Bertz CT molecular complexity index is 848. The van der Waals surface area contributed by atoms with Gasteiger partial charge in [-0.25, -0.2) is 0 Å². The molecule has 2 aliphatic rings. The Hall–Kier alpha value is -2.38. The van der Waals surface area contributed by atoms with E-state index in [1.54, 1.807) is 40.5 Å². The van der Waals surface area contributed by atoms with Gasteiger partial charge in [-0.15, -0.1) is 11.3 Å². The van der Waals surface area contributed by atoms with E-state index in [1.807, 2.05) is 0 Å². The second kappa shape index (κ2) is 7.32. The minimum Gasteiger partial charge on any atom is -0.508 e. The molecule has 0 saturated carbocycles. The first-order chi connectivity index (χ1) is 13.0. The number of benzene rings is 1. The number of carbonyl (C=O) groups excluding carboxylic acids is 2. The minimum absolute atomic E-state index is 0.0142. The number of hydrogen-bond donors (Lipinski definition) is 2. The Morgan fingerprint density at radius 3 is 2.67 bits per heavy atom. The van der Waals surface area contributed by atoms with E-state index in [1.165, 1.54) is 10.4 Å². The van der Waals surface area contributed by atoms with Crippen LogP contribution in [0.15, 0.2) is 35.7 Å². The zero-order valence-corrected chi connectivity index (χ0v) is 16.0. The van der Waals surface area contributed by atoms with E-state index in [0.717, 1.165) is 18.7 Å². The van der Waals surface area contributed by atoms with Crippen LogP contribution in [0.3, 0.4) is 0 Å². The van der Waals surface area contributed by atoms with Gasteiger partial charge < -0.3 is 15.3 Å². The van der Waals surface area contributed by atoms with Crippen LogP contribution in [-0.2, 0) is 22.6 Å². The maximum atomic E-state index is 12.9. The summed E-state index contributed by atoms with van der Waals surface area (Å²) in [6.07, 6.45) is 0.437. The van der Waals surface area contributed by atoms with Gasteiger partial charge in [0, 0.05) is 37.5 Å². The molecule has 6 nitrogen and oxygen atoms in total. The molecular weight excluding hydrogens is 362 g/mol. The Balaban J connectivity index is 1.42. The normalized spacial score (nSPS) is 23.2. The minimum atomic E-state index is -0.538. The maximum absolute atomic E-state index is 12.9. The molecule has 1 aromatic heterocycles. The van der Waals surface area contributed by atoms with Gasteiger partial charge in [-0.3, -0.25) is 14.5 Å². The number of amides is 2. The van der Waals surface area contributed by atoms with Crippen molar-refractivity contribution in [1.29, 1.82) is 0 Å². The number of carbonyl (C=O) groups is 2. The number of aromatic hydroxyl groups is 1. The number of fused-ring (bicyclic) bond motifs is 1. The third-order valence-corrected chi connectivity index (χ3v) is 6.38. The summed E-state index contributed by atoms with van der Waals surface area (Å²) >= 11 is 1.74. The van der Waals surface area contributed by atoms with E-state index in [0.29, 0.717) is 19.5 Å². The number of thiophene rings is 1. The van der Waals surface area contributed by atoms with Crippen LogP contribution in [-0.4, -0.2) is 58.4 Å². The first kappa shape index (κ1) is 18.0. The fourth-order valence-electron chi connectivity index (χ4n) is 3.78. The summed E-state index contributed by atoms with van der Waals surface area (Å²) in [5, 5.41) is 14.4. The summed E-state index contributed by atoms with van der Waals surface area (Å²) in [6, 6.07) is 7.91. The molecule has 1 aromatic carbocycles. The number of nitrogens with one attached hydrogen (secondary N) is 1. The summed E-state index contributed by atoms with van der Waals surface area (Å²) in [6.45, 7) is 4.85. The molecule has 2 N–H and O–H groups in total. The van der Waals surface area contributed by atoms with Gasteiger partial charge in [0.2, 0.25) is 11.8 Å². The topological polar surface area (TPSA) is 72.9 Å². The third-order valence-electron chi connectivity index (χ3n) is 5.38. The highest BCUT2D eigenvalue weighted by Crippen LogP contribution is 2.23. The fourth-order valence-corrected chi connectivity index (χ4v) is 4.72. The van der Waals surface area contributed by atoms with Gasteiger partial charge in [0.25, 0.3) is 0 Å². The lowest BCUT2D eigenvalue weighted by Crippen LogP contribution is -2.69. The molecule has 2 aromatic rings. The highest BCUT2D eigenvalue weighted by atomic mass is 32.1. The second-order valence-corrected chi connectivity index (χ2v) is 8.24. The zero-order valence-electron chi connectivity index (χ0n) is 15.2. The molecule has 2 aliphatic heterocycles. The van der Waals surface area contributed by atoms with E-state index in [2.05, 4.69) is 28.6 Å². The molecule has 2 amide bonds. The summed E-state index contributed by atoms with van der Waals surface area (Å²) in [5.74, 6) is 0.0977. The lowest BCUT2D eigenvalue weighted by molar-refractivity contribution is -0.153. The van der Waals surface area contributed by atoms with Crippen molar-refractivity contribution < 1.29 is 14.7 Å². The number of hydrogen-bond acceptors (Lipinski definition) is 5. The molecule has 7 heteroatoms. The van der Waals surface area contributed by atoms with E-state index in [9.17, 15) is 14.7 Å². The quantitative estimate of drug-likeness (QED) is 0.837. The molecule has 27 heavy (non-hydrogen) atoms. The predicted molar refractivity (Wildman–Crippen MR) is 104 cm³/mol. The van der Waals surface area contributed by atoms with E-state index in [4.69, 9.17) is 0 Å². The van der Waals surface area contributed by atoms with Gasteiger partial charge in [-0.2, -0.15) is 0 Å². The molecule has 3 heterocycles. The number of phenols is 1. The highest BCUT2D eigenvalue weighted by Gasteiger charge is 2.43. The van der Waals surface area contributed by atoms with Crippen molar-refractivity contribution in [3.05, 3.63) is 51.7 Å². The average molecular weight is 385 g/mol. The van der Waals surface area contributed by atoms with Crippen molar-refractivity contribution in [3.8, 4) is 5.75 Å². The van der Waals surface area contributed by atoms with Crippen molar-refractivity contribution in [2.75, 3.05) is 19.6 Å². The van der Waals surface area contributed by atoms with Crippen LogP contribution in [0.5, 0.6) is 5.75 Å². The Labute approximate surface area is 162 Å². The van der Waals surface area contributed by atoms with Gasteiger partial charge in [0.1, 0.15) is 17.8 Å². The molecule has 2 atom stereocenters. The van der Waals surface area contributed by atoms with Crippen LogP contribution in [0.1, 0.15) is 16.0 Å². The molecule has 0 bridgehead atoms. The standard InChI is InChI=1S/C20H23N3O3S/c1-13-6-9-27-18(13)12-22-7-8-23-17(11-22)19(25)21-16(20(23)26)10-14-2-4-15(24)5-3-14/h2-6,9,16-17,24H,7-8,10-12H2,1H3,(H,21,25)/t16-,17+/m0/s1. The van der Waals surface area contributed by atoms with Gasteiger partial charge in [-0.05, 0) is 41.6 Å². The lowest BCUT2D eigenvalue weighted by atomic mass is 9.98. The average Bonchev–Trinajstić information content (AvgIpc) is 3.06. The molecule has 0 unspecified atom stereocenters. The highest BCUT2D eigenvalue weighted by molar-refractivity contribution is 7.10. The van der Waals surface area contributed by atoms with Gasteiger partial charge in [-0.1, -0.05) is 12.1 Å². The van der Waals surface area contributed by atoms with Crippen molar-refractivity contribution >= 4 is 23.2 Å². The summed E-state index contributed by atoms with van der Waals surface area (Å²) in [4.78, 5) is 30.9. The van der Waals surface area contributed by atoms with Crippen LogP contribution in [0.2, 0.25) is 0 Å². The number of rotatable bonds is 4. The molecule has 2 saturated heterocycles. The number of aryl methyl sites for hydroxylation is 1. The number of phenolic OH excluding ortho intramolecular Hbond substituents is 1. The molecule has 142 valence electrons. The lowest BCUT2D eigenvalue weighted by Gasteiger charge is -2.45. The maximum Gasteiger partial charge on any atom is 0.246 e. The third kappa shape index (κ3) is 3.70. The van der Waals surface area contributed by atoms with Crippen molar-refractivity contribution in [2.45, 2.75) is 32.0 Å². The first-order valence-electron chi connectivity index (χ1n) is 9.15. The molecule has 4 rings (SSSR count). The van der Waals surface area contributed by atoms with E-state index in [-0.39, 0.29) is 17.6 Å². The largest absolute Gasteiger partial charge is 0.508 e. The van der Waals surface area contributed by atoms with Gasteiger partial charge in [0.05, 0.1) is 0 Å².